The minimum absolute atomic E-state index is 0.0735. The van der Waals surface area contributed by atoms with Gasteiger partial charge in [0.2, 0.25) is 0 Å². The van der Waals surface area contributed by atoms with Gasteiger partial charge in [-0.1, -0.05) is 39.5 Å². The summed E-state index contributed by atoms with van der Waals surface area (Å²) in [6.45, 7) is 13.2. The maximum Gasteiger partial charge on any atom is 0.176 e. The molecule has 6 heteroatoms. The molecule has 0 aromatic carbocycles. The fraction of sp³-hybridized carbons (Fsp3) is 0.625. The Morgan fingerprint density at radius 2 is 2.03 bits per heavy atom. The van der Waals surface area contributed by atoms with Crippen molar-refractivity contribution < 1.29 is 19.4 Å². The van der Waals surface area contributed by atoms with Crippen molar-refractivity contribution in [3.05, 3.63) is 47.4 Å². The van der Waals surface area contributed by atoms with E-state index in [4.69, 9.17) is 5.11 Å². The molecular formula is C24H39FN2O3. The van der Waals surface area contributed by atoms with Gasteiger partial charge in [0.15, 0.2) is 5.78 Å². The zero-order valence-electron chi connectivity index (χ0n) is 18.9. The lowest BCUT2D eigenvalue weighted by molar-refractivity contribution is -0.114. The van der Waals surface area contributed by atoms with E-state index < -0.39 is 6.23 Å². The van der Waals surface area contributed by atoms with E-state index in [2.05, 4.69) is 24.1 Å². The Hall–Kier alpha value is -1.60. The highest BCUT2D eigenvalue weighted by molar-refractivity contribution is 6.00. The summed E-state index contributed by atoms with van der Waals surface area (Å²) in [6.07, 6.45) is 7.30. The molecule has 0 amide bonds. The molecule has 170 valence electrons. The number of nitrogens with one attached hydrogen (secondary N) is 2. The molecule has 0 bridgehead atoms. The van der Waals surface area contributed by atoms with Gasteiger partial charge in [0.05, 0.1) is 6.54 Å². The van der Waals surface area contributed by atoms with E-state index in [1.54, 1.807) is 19.1 Å². The predicted molar refractivity (Wildman–Crippen MR) is 121 cm³/mol. The van der Waals surface area contributed by atoms with Crippen LogP contribution in [0.3, 0.4) is 0 Å². The lowest BCUT2D eigenvalue weighted by Gasteiger charge is -2.27. The van der Waals surface area contributed by atoms with Crippen molar-refractivity contribution in [1.82, 2.24) is 10.6 Å². The summed E-state index contributed by atoms with van der Waals surface area (Å²) in [6, 6.07) is 0. The number of allylic oxidation sites excluding steroid dienone is 6. The molecule has 0 aromatic rings. The highest BCUT2D eigenvalue weighted by Crippen LogP contribution is 2.25. The summed E-state index contributed by atoms with van der Waals surface area (Å²) in [7, 11) is 0. The minimum Gasteiger partial charge on any atom is -0.396 e. The number of aliphatic hydroxyl groups excluding tert-OH is 2. The number of halogens is 1. The molecule has 0 aromatic heterocycles. The second kappa shape index (κ2) is 13.0. The predicted octanol–water partition coefficient (Wildman–Crippen LogP) is 3.56. The maximum absolute atomic E-state index is 13.9. The molecule has 0 aliphatic heterocycles. The number of carbonyl (C=O) groups excluding carboxylic acids is 1. The third-order valence-corrected chi connectivity index (χ3v) is 5.35. The number of Topliss-reactive ketones (excluding diaryl/α,β-unsaturated/α-hetero) is 1. The van der Waals surface area contributed by atoms with Crippen LogP contribution in [-0.2, 0) is 4.79 Å². The molecular weight excluding hydrogens is 383 g/mol. The van der Waals surface area contributed by atoms with Crippen molar-refractivity contribution >= 4 is 5.78 Å². The van der Waals surface area contributed by atoms with E-state index in [0.29, 0.717) is 36.5 Å². The van der Waals surface area contributed by atoms with Gasteiger partial charge >= 0.3 is 0 Å². The number of rotatable bonds is 14. The fourth-order valence-corrected chi connectivity index (χ4v) is 3.39. The Labute approximate surface area is 180 Å². The summed E-state index contributed by atoms with van der Waals surface area (Å²) >= 11 is 0. The van der Waals surface area contributed by atoms with Crippen LogP contribution >= 0.6 is 0 Å². The van der Waals surface area contributed by atoms with Gasteiger partial charge in [-0.15, -0.1) is 0 Å². The van der Waals surface area contributed by atoms with Crippen LogP contribution in [0, 0.1) is 11.3 Å². The Morgan fingerprint density at radius 3 is 2.70 bits per heavy atom. The Bertz CT molecular complexity index is 680. The summed E-state index contributed by atoms with van der Waals surface area (Å²) in [5.74, 6) is -0.0676. The largest absolute Gasteiger partial charge is 0.396 e. The van der Waals surface area contributed by atoms with Crippen molar-refractivity contribution in [1.29, 1.82) is 0 Å². The highest BCUT2D eigenvalue weighted by Gasteiger charge is 2.21. The first-order valence-corrected chi connectivity index (χ1v) is 10.8. The molecule has 4 N–H and O–H groups in total. The summed E-state index contributed by atoms with van der Waals surface area (Å²) in [5, 5.41) is 25.5. The van der Waals surface area contributed by atoms with Crippen LogP contribution in [-0.4, -0.2) is 48.5 Å². The van der Waals surface area contributed by atoms with Gasteiger partial charge in [0, 0.05) is 17.8 Å². The SMILES string of the molecule is C=C1C=CC(C(=O)CNCC(C)CCCNC(O)CC(C)(C)CCO)=CC(C)=C1F. The zero-order valence-corrected chi connectivity index (χ0v) is 18.9. The van der Waals surface area contributed by atoms with Gasteiger partial charge in [-0.25, -0.2) is 4.39 Å². The van der Waals surface area contributed by atoms with Crippen molar-refractivity contribution in [2.75, 3.05) is 26.2 Å². The second-order valence-corrected chi connectivity index (χ2v) is 9.07. The molecule has 0 heterocycles. The van der Waals surface area contributed by atoms with E-state index in [9.17, 15) is 14.3 Å². The normalized spacial score (nSPS) is 17.0. The molecule has 0 spiro atoms. The molecule has 1 aliphatic rings. The number of hydrogen-bond acceptors (Lipinski definition) is 5. The van der Waals surface area contributed by atoms with E-state index in [0.717, 1.165) is 19.4 Å². The minimum atomic E-state index is -0.572. The van der Waals surface area contributed by atoms with Gasteiger partial charge in [0.1, 0.15) is 12.1 Å². The summed E-state index contributed by atoms with van der Waals surface area (Å²) in [4.78, 5) is 12.4. The molecule has 5 nitrogen and oxygen atoms in total. The van der Waals surface area contributed by atoms with Crippen molar-refractivity contribution in [2.24, 2.45) is 11.3 Å². The van der Waals surface area contributed by atoms with E-state index in [-0.39, 0.29) is 35.7 Å². The number of carbonyl (C=O) groups is 1. The van der Waals surface area contributed by atoms with Gasteiger partial charge in [0.25, 0.3) is 0 Å². The van der Waals surface area contributed by atoms with Crippen LogP contribution in [0.1, 0.15) is 53.4 Å². The molecule has 30 heavy (non-hydrogen) atoms. The monoisotopic (exact) mass is 422 g/mol. The van der Waals surface area contributed by atoms with E-state index in [1.807, 2.05) is 13.8 Å². The van der Waals surface area contributed by atoms with Crippen molar-refractivity contribution in [2.45, 2.75) is 59.6 Å². The van der Waals surface area contributed by atoms with Crippen LogP contribution in [0.4, 0.5) is 4.39 Å². The third kappa shape index (κ3) is 9.94. The Morgan fingerprint density at radius 1 is 1.33 bits per heavy atom. The summed E-state index contributed by atoms with van der Waals surface area (Å²) < 4.78 is 13.9. The first kappa shape index (κ1) is 26.4. The van der Waals surface area contributed by atoms with Crippen LogP contribution in [0.15, 0.2) is 47.4 Å². The maximum atomic E-state index is 13.9. The molecule has 0 saturated carbocycles. The second-order valence-electron chi connectivity index (χ2n) is 9.07. The number of aliphatic hydroxyl groups is 2. The number of hydrogen-bond donors (Lipinski definition) is 4. The van der Waals surface area contributed by atoms with Crippen LogP contribution in [0.25, 0.3) is 0 Å². The Balaban J connectivity index is 2.25. The van der Waals surface area contributed by atoms with Crippen LogP contribution < -0.4 is 10.6 Å². The lowest BCUT2D eigenvalue weighted by atomic mass is 9.85. The average molecular weight is 423 g/mol. The van der Waals surface area contributed by atoms with Crippen LogP contribution in [0.5, 0.6) is 0 Å². The average Bonchev–Trinajstić information content (AvgIpc) is 2.78. The van der Waals surface area contributed by atoms with E-state index in [1.165, 1.54) is 6.08 Å². The highest BCUT2D eigenvalue weighted by atomic mass is 19.1. The first-order valence-electron chi connectivity index (χ1n) is 10.8. The van der Waals surface area contributed by atoms with Gasteiger partial charge in [-0.2, -0.15) is 0 Å². The quantitative estimate of drug-likeness (QED) is 0.254. The first-order chi connectivity index (χ1) is 14.1. The van der Waals surface area contributed by atoms with E-state index >= 15 is 0 Å². The lowest BCUT2D eigenvalue weighted by Crippen LogP contribution is -2.35. The van der Waals surface area contributed by atoms with Gasteiger partial charge in [-0.3, -0.25) is 10.1 Å². The van der Waals surface area contributed by atoms with Gasteiger partial charge < -0.3 is 15.5 Å². The summed E-state index contributed by atoms with van der Waals surface area (Å²) in [5.41, 5.74) is 1.07. The fourth-order valence-electron chi connectivity index (χ4n) is 3.39. The smallest absolute Gasteiger partial charge is 0.176 e. The molecule has 0 radical (unpaired) electrons. The molecule has 2 atom stereocenters. The van der Waals surface area contributed by atoms with Crippen molar-refractivity contribution in [3.63, 3.8) is 0 Å². The standard InChI is InChI=1S/C24H39FN2O3/c1-17(7-6-11-27-22(30)14-24(4,5)10-12-28)15-26-16-21(29)20-9-8-18(2)23(25)19(3)13-20/h8-9,13,17,22,26-28,30H,2,6-7,10-12,14-16H2,1,3-5H3. The van der Waals surface area contributed by atoms with Crippen LogP contribution in [0.2, 0.25) is 0 Å². The zero-order chi connectivity index (χ0) is 22.7. The number of ketones is 1. The third-order valence-electron chi connectivity index (χ3n) is 5.35. The molecule has 0 saturated heterocycles. The van der Waals surface area contributed by atoms with Gasteiger partial charge in [-0.05, 0) is 68.7 Å². The molecule has 1 aliphatic carbocycles. The molecule has 1 rings (SSSR count). The topological polar surface area (TPSA) is 81.6 Å². The molecule has 2 unspecified atom stereocenters. The molecule has 0 fully saturated rings. The van der Waals surface area contributed by atoms with Crippen molar-refractivity contribution in [3.8, 4) is 0 Å². The Kier molecular flexibility index (Phi) is 11.4.